The molecular weight excluding hydrogens is 374 g/mol. The average Bonchev–Trinajstić information content (AvgIpc) is 3.35. The lowest BCUT2D eigenvalue weighted by Gasteiger charge is -2.05. The number of hydrogen-bond acceptors (Lipinski definition) is 7. The van der Waals surface area contributed by atoms with Crippen LogP contribution in [0.4, 0.5) is 0 Å². The molecule has 8 heteroatoms. The second kappa shape index (κ2) is 8.15. The third kappa shape index (κ3) is 3.70. The van der Waals surface area contributed by atoms with Gasteiger partial charge in [-0.05, 0) is 24.3 Å². The summed E-state index contributed by atoms with van der Waals surface area (Å²) >= 11 is 1.51. The lowest BCUT2D eigenvalue weighted by Crippen LogP contribution is -1.99. The summed E-state index contributed by atoms with van der Waals surface area (Å²) in [4.78, 5) is 9.15. The number of hydrogen-bond donors (Lipinski definition) is 0. The van der Waals surface area contributed by atoms with Crippen molar-refractivity contribution in [2.24, 2.45) is 0 Å². The van der Waals surface area contributed by atoms with Gasteiger partial charge in [0, 0.05) is 12.1 Å². The van der Waals surface area contributed by atoms with Gasteiger partial charge in [-0.25, -0.2) is 4.98 Å². The van der Waals surface area contributed by atoms with Gasteiger partial charge in [0.2, 0.25) is 11.7 Å². The van der Waals surface area contributed by atoms with Gasteiger partial charge in [0.15, 0.2) is 5.16 Å². The van der Waals surface area contributed by atoms with Gasteiger partial charge in [-0.15, -0.1) is 0 Å². The number of benzene rings is 2. The predicted octanol–water partition coefficient (Wildman–Crippen LogP) is 4.30. The van der Waals surface area contributed by atoms with Crippen LogP contribution in [0.25, 0.3) is 22.4 Å². The second-order valence-corrected chi connectivity index (χ2v) is 6.92. The number of thioether (sulfide) groups is 1. The largest absolute Gasteiger partial charge is 0.497 e. The van der Waals surface area contributed by atoms with Crippen molar-refractivity contribution in [3.05, 3.63) is 54.4 Å². The molecule has 2 heterocycles. The standard InChI is InChI=1S/C20H17N5O2S/c1-26-15-7-4-6-14(12-15)19-23-18(27-24-19)13-28-20-22-16-8-2-3-9-17(16)25(20)11-5-10-21/h2-4,6-9,12H,5,11,13H2,1H3. The van der Waals surface area contributed by atoms with Crippen molar-refractivity contribution in [1.29, 1.82) is 5.26 Å². The molecule has 0 aliphatic rings. The lowest BCUT2D eigenvalue weighted by atomic mass is 10.2. The number of aromatic nitrogens is 4. The molecule has 0 saturated heterocycles. The summed E-state index contributed by atoms with van der Waals surface area (Å²) in [5.74, 6) is 2.27. The first-order chi connectivity index (χ1) is 13.8. The molecule has 0 fully saturated rings. The van der Waals surface area contributed by atoms with E-state index in [0.717, 1.165) is 27.5 Å². The van der Waals surface area contributed by atoms with Crippen LogP contribution in [0.2, 0.25) is 0 Å². The third-order valence-electron chi connectivity index (χ3n) is 4.19. The number of para-hydroxylation sites is 2. The molecule has 28 heavy (non-hydrogen) atoms. The van der Waals surface area contributed by atoms with Gasteiger partial charge in [-0.1, -0.05) is 41.2 Å². The average molecular weight is 391 g/mol. The van der Waals surface area contributed by atoms with Crippen molar-refractivity contribution in [1.82, 2.24) is 19.7 Å². The number of fused-ring (bicyclic) bond motifs is 1. The third-order valence-corrected chi connectivity index (χ3v) is 5.15. The molecule has 0 aliphatic heterocycles. The van der Waals surface area contributed by atoms with E-state index < -0.39 is 0 Å². The molecule has 2 aromatic carbocycles. The Labute approximate surface area is 166 Å². The zero-order chi connectivity index (χ0) is 19.3. The van der Waals surface area contributed by atoms with Crippen LogP contribution in [0, 0.1) is 11.3 Å². The van der Waals surface area contributed by atoms with Gasteiger partial charge in [0.25, 0.3) is 0 Å². The molecule has 0 aliphatic carbocycles. The molecule has 7 nitrogen and oxygen atoms in total. The Hall–Kier alpha value is -3.31. The zero-order valence-electron chi connectivity index (χ0n) is 15.2. The highest BCUT2D eigenvalue weighted by molar-refractivity contribution is 7.98. The molecule has 0 saturated carbocycles. The van der Waals surface area contributed by atoms with Crippen LogP contribution in [-0.2, 0) is 12.3 Å². The van der Waals surface area contributed by atoms with Crippen molar-refractivity contribution in [3.63, 3.8) is 0 Å². The van der Waals surface area contributed by atoms with E-state index in [0.29, 0.717) is 30.4 Å². The smallest absolute Gasteiger partial charge is 0.237 e. The number of nitrogens with zero attached hydrogens (tertiary/aromatic N) is 5. The summed E-state index contributed by atoms with van der Waals surface area (Å²) in [6.45, 7) is 0.595. The van der Waals surface area contributed by atoms with Crippen LogP contribution in [-0.4, -0.2) is 26.8 Å². The Balaban J connectivity index is 1.53. The summed E-state index contributed by atoms with van der Waals surface area (Å²) in [6.07, 6.45) is 0.425. The summed E-state index contributed by atoms with van der Waals surface area (Å²) in [6, 6.07) is 17.6. The van der Waals surface area contributed by atoms with Crippen LogP contribution in [0.1, 0.15) is 12.3 Å². The van der Waals surface area contributed by atoms with E-state index in [2.05, 4.69) is 25.8 Å². The molecule has 140 valence electrons. The highest BCUT2D eigenvalue weighted by Crippen LogP contribution is 2.28. The van der Waals surface area contributed by atoms with E-state index in [4.69, 9.17) is 14.5 Å². The number of ether oxygens (including phenoxy) is 1. The zero-order valence-corrected chi connectivity index (χ0v) is 16.0. The molecule has 4 aromatic rings. The predicted molar refractivity (Wildman–Crippen MR) is 106 cm³/mol. The number of methoxy groups -OCH3 is 1. The highest BCUT2D eigenvalue weighted by atomic mass is 32.2. The number of rotatable bonds is 7. The van der Waals surface area contributed by atoms with Crippen molar-refractivity contribution < 1.29 is 9.26 Å². The maximum absolute atomic E-state index is 8.95. The van der Waals surface area contributed by atoms with Gasteiger partial charge in [0.05, 0.1) is 36.4 Å². The molecule has 0 unspecified atom stereocenters. The van der Waals surface area contributed by atoms with Crippen LogP contribution in [0.5, 0.6) is 5.75 Å². The maximum atomic E-state index is 8.95. The van der Waals surface area contributed by atoms with Crippen molar-refractivity contribution in [3.8, 4) is 23.2 Å². The Kier molecular flexibility index (Phi) is 5.26. The summed E-state index contributed by atoms with van der Waals surface area (Å²) in [7, 11) is 1.62. The van der Waals surface area contributed by atoms with Crippen LogP contribution in [0.15, 0.2) is 58.2 Å². The molecule has 0 bridgehead atoms. The topological polar surface area (TPSA) is 89.8 Å². The first-order valence-corrected chi connectivity index (χ1v) is 9.69. The lowest BCUT2D eigenvalue weighted by molar-refractivity contribution is 0.391. The van der Waals surface area contributed by atoms with E-state index in [1.807, 2.05) is 48.5 Å². The van der Waals surface area contributed by atoms with Crippen molar-refractivity contribution >= 4 is 22.8 Å². The Morgan fingerprint density at radius 3 is 2.93 bits per heavy atom. The normalized spacial score (nSPS) is 10.9. The molecule has 2 aromatic heterocycles. The van der Waals surface area contributed by atoms with Crippen LogP contribution in [0.3, 0.4) is 0 Å². The minimum atomic E-state index is 0.425. The number of aryl methyl sites for hydroxylation is 1. The summed E-state index contributed by atoms with van der Waals surface area (Å²) in [5.41, 5.74) is 2.76. The number of imidazole rings is 1. The van der Waals surface area contributed by atoms with Gasteiger partial charge < -0.3 is 13.8 Å². The van der Waals surface area contributed by atoms with E-state index >= 15 is 0 Å². The second-order valence-electron chi connectivity index (χ2n) is 5.98. The fourth-order valence-electron chi connectivity index (χ4n) is 2.86. The number of nitriles is 1. The van der Waals surface area contributed by atoms with Crippen LogP contribution < -0.4 is 4.74 Å². The van der Waals surface area contributed by atoms with Crippen molar-refractivity contribution in [2.45, 2.75) is 23.9 Å². The maximum Gasteiger partial charge on any atom is 0.237 e. The molecular formula is C20H17N5O2S. The molecule has 0 N–H and O–H groups in total. The van der Waals surface area contributed by atoms with E-state index in [1.54, 1.807) is 7.11 Å². The molecule has 0 amide bonds. The monoisotopic (exact) mass is 391 g/mol. The first kappa shape index (κ1) is 18.1. The highest BCUT2D eigenvalue weighted by Gasteiger charge is 2.14. The van der Waals surface area contributed by atoms with Gasteiger partial charge in [-0.2, -0.15) is 10.2 Å². The van der Waals surface area contributed by atoms with Gasteiger partial charge in [0.1, 0.15) is 5.75 Å². The van der Waals surface area contributed by atoms with E-state index in [9.17, 15) is 0 Å². The first-order valence-electron chi connectivity index (χ1n) is 8.70. The Bertz CT molecular complexity index is 1140. The Morgan fingerprint density at radius 1 is 1.18 bits per heavy atom. The minimum Gasteiger partial charge on any atom is -0.497 e. The molecule has 0 spiro atoms. The molecule has 0 radical (unpaired) electrons. The molecule has 0 atom stereocenters. The minimum absolute atomic E-state index is 0.425. The quantitative estimate of drug-likeness (QED) is 0.434. The van der Waals surface area contributed by atoms with Crippen molar-refractivity contribution in [2.75, 3.05) is 7.11 Å². The summed E-state index contributed by atoms with van der Waals surface area (Å²) < 4.78 is 12.7. The van der Waals surface area contributed by atoms with Gasteiger partial charge in [-0.3, -0.25) is 0 Å². The fourth-order valence-corrected chi connectivity index (χ4v) is 3.74. The van der Waals surface area contributed by atoms with E-state index in [-0.39, 0.29) is 0 Å². The van der Waals surface area contributed by atoms with Crippen LogP contribution >= 0.6 is 11.8 Å². The fraction of sp³-hybridized carbons (Fsp3) is 0.200. The SMILES string of the molecule is COc1cccc(-c2noc(CSc3nc4ccccc4n3CCC#N)n2)c1. The molecule has 4 rings (SSSR count). The van der Waals surface area contributed by atoms with Gasteiger partial charge >= 0.3 is 0 Å². The van der Waals surface area contributed by atoms with E-state index in [1.165, 1.54) is 11.8 Å². The Morgan fingerprint density at radius 2 is 2.07 bits per heavy atom. The summed E-state index contributed by atoms with van der Waals surface area (Å²) in [5, 5.41) is 13.8.